The van der Waals surface area contributed by atoms with Crippen LogP contribution in [0.1, 0.15) is 13.8 Å². The number of amides is 1. The van der Waals surface area contributed by atoms with Crippen molar-refractivity contribution in [1.82, 2.24) is 19.8 Å². The van der Waals surface area contributed by atoms with E-state index in [1.807, 2.05) is 0 Å². The van der Waals surface area contributed by atoms with Gasteiger partial charge in [0, 0.05) is 25.5 Å². The third-order valence-corrected chi connectivity index (χ3v) is 2.34. The van der Waals surface area contributed by atoms with E-state index in [1.165, 1.54) is 10.9 Å². The number of carbonyl (C=O) groups is 1. The second-order valence-electron chi connectivity index (χ2n) is 3.23. The van der Waals surface area contributed by atoms with Gasteiger partial charge in [0.25, 0.3) is 0 Å². The molecule has 1 aromatic heterocycles. The zero-order chi connectivity index (χ0) is 11.1. The lowest BCUT2D eigenvalue weighted by Crippen LogP contribution is -2.36. The molecular weight excluding hydrogens is 192 g/mol. The quantitative estimate of drug-likeness (QED) is 0.781. The van der Waals surface area contributed by atoms with Crippen molar-refractivity contribution in [3.8, 4) is 0 Å². The molecule has 0 fully saturated rings. The van der Waals surface area contributed by atoms with Crippen LogP contribution >= 0.6 is 0 Å². The van der Waals surface area contributed by atoms with Gasteiger partial charge in [0.05, 0.1) is 0 Å². The maximum absolute atomic E-state index is 11.5. The summed E-state index contributed by atoms with van der Waals surface area (Å²) >= 11 is 0. The van der Waals surface area contributed by atoms with Crippen LogP contribution < -0.4 is 5.32 Å². The number of nitrogens with one attached hydrogen (secondary N) is 1. The van der Waals surface area contributed by atoms with Crippen molar-refractivity contribution < 1.29 is 4.79 Å². The van der Waals surface area contributed by atoms with Gasteiger partial charge in [-0.15, -0.1) is 0 Å². The molecule has 5 nitrogen and oxygen atoms in total. The van der Waals surface area contributed by atoms with Crippen LogP contribution in [-0.4, -0.2) is 46.7 Å². The van der Waals surface area contributed by atoms with Crippen molar-refractivity contribution in [2.45, 2.75) is 13.8 Å². The predicted octanol–water partition coefficient (Wildman–Crippen LogP) is 0.783. The summed E-state index contributed by atoms with van der Waals surface area (Å²) < 4.78 is 1.43. The summed E-state index contributed by atoms with van der Waals surface area (Å²) in [6.45, 7) is 7.80. The molecule has 1 aromatic rings. The first-order valence-corrected chi connectivity index (χ1v) is 5.26. The first-order chi connectivity index (χ1) is 7.27. The topological polar surface area (TPSA) is 50.2 Å². The van der Waals surface area contributed by atoms with Gasteiger partial charge in [-0.05, 0) is 13.1 Å². The van der Waals surface area contributed by atoms with Gasteiger partial charge in [-0.1, -0.05) is 13.8 Å². The zero-order valence-corrected chi connectivity index (χ0v) is 9.31. The summed E-state index contributed by atoms with van der Waals surface area (Å²) in [6.07, 6.45) is 4.71. The number of hydrogen-bond donors (Lipinski definition) is 1. The molecule has 1 rings (SSSR count). The number of rotatable bonds is 5. The van der Waals surface area contributed by atoms with Crippen LogP contribution in [0.2, 0.25) is 0 Å². The summed E-state index contributed by atoms with van der Waals surface area (Å²) in [5, 5.41) is 2.83. The van der Waals surface area contributed by atoms with E-state index in [2.05, 4.69) is 29.0 Å². The number of nitrogens with zero attached hydrogens (tertiary/aromatic N) is 3. The average Bonchev–Trinajstić information content (AvgIpc) is 2.77. The van der Waals surface area contributed by atoms with Gasteiger partial charge in [0.2, 0.25) is 0 Å². The highest BCUT2D eigenvalue weighted by Crippen LogP contribution is 1.86. The van der Waals surface area contributed by atoms with E-state index in [4.69, 9.17) is 0 Å². The number of aromatic nitrogens is 2. The molecule has 0 aliphatic heterocycles. The van der Waals surface area contributed by atoms with Crippen LogP contribution in [-0.2, 0) is 0 Å². The monoisotopic (exact) mass is 210 g/mol. The van der Waals surface area contributed by atoms with Crippen LogP contribution in [0, 0.1) is 0 Å². The van der Waals surface area contributed by atoms with Crippen molar-refractivity contribution >= 4 is 6.03 Å². The molecule has 5 heteroatoms. The maximum Gasteiger partial charge on any atom is 0.326 e. The Hall–Kier alpha value is -1.36. The van der Waals surface area contributed by atoms with E-state index in [-0.39, 0.29) is 6.03 Å². The fourth-order valence-electron chi connectivity index (χ4n) is 1.33. The van der Waals surface area contributed by atoms with Crippen LogP contribution in [0.15, 0.2) is 18.7 Å². The molecule has 0 saturated heterocycles. The summed E-state index contributed by atoms with van der Waals surface area (Å²) in [7, 11) is 0. The molecule has 0 bridgehead atoms. The summed E-state index contributed by atoms with van der Waals surface area (Å²) in [5.74, 6) is 0. The molecule has 0 radical (unpaired) electrons. The lowest BCUT2D eigenvalue weighted by molar-refractivity contribution is 0.238. The van der Waals surface area contributed by atoms with Gasteiger partial charge >= 0.3 is 6.03 Å². The van der Waals surface area contributed by atoms with Crippen LogP contribution in [0.5, 0.6) is 0 Å². The minimum atomic E-state index is -0.125. The highest BCUT2D eigenvalue weighted by molar-refractivity contribution is 5.76. The lowest BCUT2D eigenvalue weighted by atomic mass is 10.4. The number of likely N-dealkylation sites (N-methyl/N-ethyl adjacent to an activating group) is 1. The van der Waals surface area contributed by atoms with Gasteiger partial charge in [0.15, 0.2) is 0 Å². The van der Waals surface area contributed by atoms with Crippen LogP contribution in [0.25, 0.3) is 0 Å². The molecule has 0 aliphatic rings. The smallest absolute Gasteiger partial charge is 0.326 e. The Morgan fingerprint density at radius 3 is 2.73 bits per heavy atom. The Balaban J connectivity index is 2.23. The SMILES string of the molecule is CCN(CC)CCNC(=O)n1ccnc1. The summed E-state index contributed by atoms with van der Waals surface area (Å²) in [6, 6.07) is -0.125. The molecule has 15 heavy (non-hydrogen) atoms. The van der Waals surface area contributed by atoms with Gasteiger partial charge in [0.1, 0.15) is 6.33 Å². The van der Waals surface area contributed by atoms with Gasteiger partial charge in [-0.3, -0.25) is 4.57 Å². The molecular formula is C10H18N4O. The largest absolute Gasteiger partial charge is 0.336 e. The van der Waals surface area contributed by atoms with E-state index >= 15 is 0 Å². The minimum Gasteiger partial charge on any atom is -0.336 e. The molecule has 1 N–H and O–H groups in total. The Morgan fingerprint density at radius 1 is 1.47 bits per heavy atom. The highest BCUT2D eigenvalue weighted by Gasteiger charge is 2.03. The Morgan fingerprint density at radius 2 is 2.20 bits per heavy atom. The van der Waals surface area contributed by atoms with E-state index in [0.29, 0.717) is 6.54 Å². The zero-order valence-electron chi connectivity index (χ0n) is 9.31. The highest BCUT2D eigenvalue weighted by atomic mass is 16.2. The van der Waals surface area contributed by atoms with Gasteiger partial charge < -0.3 is 10.2 Å². The van der Waals surface area contributed by atoms with Gasteiger partial charge in [-0.25, -0.2) is 9.78 Å². The number of carbonyl (C=O) groups excluding carboxylic acids is 1. The standard InChI is InChI=1S/C10H18N4O/c1-3-13(4-2)7-6-12-10(15)14-8-5-11-9-14/h5,8-9H,3-4,6-7H2,1-2H3,(H,12,15). The number of hydrogen-bond acceptors (Lipinski definition) is 3. The molecule has 0 unspecified atom stereocenters. The summed E-state index contributed by atoms with van der Waals surface area (Å²) in [4.78, 5) is 17.5. The lowest BCUT2D eigenvalue weighted by Gasteiger charge is -2.17. The Bertz CT molecular complexity index is 280. The summed E-state index contributed by atoms with van der Waals surface area (Å²) in [5.41, 5.74) is 0. The van der Waals surface area contributed by atoms with Crippen molar-refractivity contribution in [3.05, 3.63) is 18.7 Å². The van der Waals surface area contributed by atoms with Crippen molar-refractivity contribution in [2.75, 3.05) is 26.2 Å². The normalized spacial score (nSPS) is 10.6. The number of imidazole rings is 1. The first-order valence-electron chi connectivity index (χ1n) is 5.26. The first kappa shape index (κ1) is 11.7. The van der Waals surface area contributed by atoms with Crippen molar-refractivity contribution in [3.63, 3.8) is 0 Å². The molecule has 0 aromatic carbocycles. The predicted molar refractivity (Wildman–Crippen MR) is 58.8 cm³/mol. The molecule has 0 spiro atoms. The third kappa shape index (κ3) is 3.71. The molecule has 0 saturated carbocycles. The maximum atomic E-state index is 11.5. The third-order valence-electron chi connectivity index (χ3n) is 2.34. The Labute approximate surface area is 90.1 Å². The van der Waals surface area contributed by atoms with Crippen molar-refractivity contribution in [2.24, 2.45) is 0 Å². The molecule has 84 valence electrons. The molecule has 0 aliphatic carbocycles. The molecule has 1 amide bonds. The molecule has 1 heterocycles. The van der Waals surface area contributed by atoms with Crippen LogP contribution in [0.4, 0.5) is 4.79 Å². The van der Waals surface area contributed by atoms with E-state index in [1.54, 1.807) is 12.4 Å². The fraction of sp³-hybridized carbons (Fsp3) is 0.600. The fourth-order valence-corrected chi connectivity index (χ4v) is 1.33. The van der Waals surface area contributed by atoms with E-state index in [9.17, 15) is 4.79 Å². The average molecular weight is 210 g/mol. The van der Waals surface area contributed by atoms with E-state index in [0.717, 1.165) is 19.6 Å². The van der Waals surface area contributed by atoms with Gasteiger partial charge in [-0.2, -0.15) is 0 Å². The van der Waals surface area contributed by atoms with Crippen molar-refractivity contribution in [1.29, 1.82) is 0 Å². The Kier molecular flexibility index (Phi) is 4.83. The minimum absolute atomic E-state index is 0.125. The molecule has 0 atom stereocenters. The van der Waals surface area contributed by atoms with Crippen LogP contribution in [0.3, 0.4) is 0 Å². The van der Waals surface area contributed by atoms with E-state index < -0.39 is 0 Å². The second kappa shape index (κ2) is 6.19. The second-order valence-corrected chi connectivity index (χ2v) is 3.23.